The van der Waals surface area contributed by atoms with Gasteiger partial charge in [0.2, 0.25) is 0 Å². The molecule has 1 amide bonds. The maximum atomic E-state index is 12.9. The van der Waals surface area contributed by atoms with Crippen molar-refractivity contribution < 1.29 is 4.79 Å². The monoisotopic (exact) mass is 324 g/mol. The summed E-state index contributed by atoms with van der Waals surface area (Å²) in [6, 6.07) is 8.91. The van der Waals surface area contributed by atoms with Crippen LogP contribution in [-0.4, -0.2) is 57.7 Å². The summed E-state index contributed by atoms with van der Waals surface area (Å²) in [7, 11) is 0. The predicted molar refractivity (Wildman–Crippen MR) is 93.5 cm³/mol. The van der Waals surface area contributed by atoms with Crippen LogP contribution < -0.4 is 0 Å². The highest BCUT2D eigenvalue weighted by Crippen LogP contribution is 2.28. The van der Waals surface area contributed by atoms with Crippen molar-refractivity contribution >= 4 is 5.91 Å². The van der Waals surface area contributed by atoms with Gasteiger partial charge < -0.3 is 4.90 Å². The number of para-hydroxylation sites is 1. The molecule has 5 nitrogen and oxygen atoms in total. The molecule has 0 spiro atoms. The van der Waals surface area contributed by atoms with Crippen LogP contribution in [0.5, 0.6) is 0 Å². The first kappa shape index (κ1) is 15.4. The van der Waals surface area contributed by atoms with Crippen molar-refractivity contribution in [1.82, 2.24) is 19.6 Å². The molecule has 5 heteroatoms. The minimum atomic E-state index is 0.114. The van der Waals surface area contributed by atoms with Crippen LogP contribution in [-0.2, 0) is 0 Å². The van der Waals surface area contributed by atoms with Crippen molar-refractivity contribution in [3.05, 3.63) is 47.3 Å². The van der Waals surface area contributed by atoms with E-state index in [-0.39, 0.29) is 5.91 Å². The molecule has 2 aromatic rings. The molecule has 0 radical (unpaired) electrons. The van der Waals surface area contributed by atoms with Crippen LogP contribution in [0.25, 0.3) is 5.69 Å². The van der Waals surface area contributed by atoms with E-state index >= 15 is 0 Å². The van der Waals surface area contributed by atoms with E-state index in [4.69, 9.17) is 0 Å². The first-order valence-electron chi connectivity index (χ1n) is 8.79. The predicted octanol–water partition coefficient (Wildman–Crippen LogP) is 2.41. The van der Waals surface area contributed by atoms with E-state index in [9.17, 15) is 4.79 Å². The molecule has 2 heterocycles. The second-order valence-corrected chi connectivity index (χ2v) is 6.90. The molecule has 1 aromatic heterocycles. The molecule has 24 heavy (non-hydrogen) atoms. The fraction of sp³-hybridized carbons (Fsp3) is 0.474. The Morgan fingerprint density at radius 2 is 1.79 bits per heavy atom. The SMILES string of the molecule is Cc1ccccc1-n1ncc(C(=O)N2CCN(C3CC3)CC2)c1C. The summed E-state index contributed by atoms with van der Waals surface area (Å²) >= 11 is 0. The molecule has 0 bridgehead atoms. The molecular weight excluding hydrogens is 300 g/mol. The van der Waals surface area contributed by atoms with Crippen LogP contribution in [0.3, 0.4) is 0 Å². The minimum Gasteiger partial charge on any atom is -0.336 e. The van der Waals surface area contributed by atoms with Gasteiger partial charge in [0.05, 0.1) is 23.1 Å². The zero-order valence-corrected chi connectivity index (χ0v) is 14.4. The first-order valence-corrected chi connectivity index (χ1v) is 8.79. The van der Waals surface area contributed by atoms with Gasteiger partial charge in [0, 0.05) is 32.2 Å². The molecule has 126 valence electrons. The van der Waals surface area contributed by atoms with Crippen molar-refractivity contribution in [2.24, 2.45) is 0 Å². The number of rotatable bonds is 3. The molecule has 2 fully saturated rings. The molecular formula is C19H24N4O. The Bertz CT molecular complexity index is 754. The van der Waals surface area contributed by atoms with Gasteiger partial charge in [-0.05, 0) is 38.3 Å². The van der Waals surface area contributed by atoms with Gasteiger partial charge in [-0.25, -0.2) is 4.68 Å². The summed E-state index contributed by atoms with van der Waals surface area (Å²) in [5, 5.41) is 4.47. The second kappa shape index (κ2) is 6.06. The summed E-state index contributed by atoms with van der Waals surface area (Å²) in [6.07, 6.45) is 4.38. The Balaban J connectivity index is 1.52. The highest BCUT2D eigenvalue weighted by Gasteiger charge is 2.33. The number of hydrogen-bond acceptors (Lipinski definition) is 3. The minimum absolute atomic E-state index is 0.114. The molecule has 0 atom stereocenters. The van der Waals surface area contributed by atoms with Crippen LogP contribution in [0.1, 0.15) is 34.5 Å². The first-order chi connectivity index (χ1) is 11.6. The van der Waals surface area contributed by atoms with E-state index in [0.29, 0.717) is 0 Å². The summed E-state index contributed by atoms with van der Waals surface area (Å²) in [5.74, 6) is 0.114. The third-order valence-electron chi connectivity index (χ3n) is 5.25. The highest BCUT2D eigenvalue weighted by molar-refractivity contribution is 5.95. The molecule has 1 aliphatic carbocycles. The molecule has 1 aliphatic heterocycles. The van der Waals surface area contributed by atoms with Crippen LogP contribution in [0, 0.1) is 13.8 Å². The number of aryl methyl sites for hydroxylation is 1. The van der Waals surface area contributed by atoms with Gasteiger partial charge in [-0.15, -0.1) is 0 Å². The Hall–Kier alpha value is -2.14. The number of carbonyl (C=O) groups excluding carboxylic acids is 1. The lowest BCUT2D eigenvalue weighted by molar-refractivity contribution is 0.0626. The normalized spacial score (nSPS) is 18.8. The van der Waals surface area contributed by atoms with Crippen LogP contribution in [0.4, 0.5) is 0 Å². The molecule has 1 saturated heterocycles. The van der Waals surface area contributed by atoms with E-state index < -0.39 is 0 Å². The molecule has 2 aliphatic rings. The summed E-state index contributed by atoms with van der Waals surface area (Å²) < 4.78 is 1.88. The number of aromatic nitrogens is 2. The van der Waals surface area contributed by atoms with Crippen molar-refractivity contribution in [1.29, 1.82) is 0 Å². The zero-order valence-electron chi connectivity index (χ0n) is 14.4. The number of amides is 1. The molecule has 0 N–H and O–H groups in total. The quantitative estimate of drug-likeness (QED) is 0.871. The maximum absolute atomic E-state index is 12.9. The third kappa shape index (κ3) is 2.73. The summed E-state index contributed by atoms with van der Waals surface area (Å²) in [6.45, 7) is 7.69. The van der Waals surface area contributed by atoms with Crippen LogP contribution >= 0.6 is 0 Å². The average molecular weight is 324 g/mol. The van der Waals surface area contributed by atoms with E-state index in [2.05, 4.69) is 23.0 Å². The molecule has 4 rings (SSSR count). The third-order valence-corrected chi connectivity index (χ3v) is 5.25. The molecule has 1 saturated carbocycles. The Kier molecular flexibility index (Phi) is 3.88. The Labute approximate surface area is 142 Å². The number of carbonyl (C=O) groups is 1. The fourth-order valence-corrected chi connectivity index (χ4v) is 3.56. The second-order valence-electron chi connectivity index (χ2n) is 6.90. The number of nitrogens with zero attached hydrogens (tertiary/aromatic N) is 4. The van der Waals surface area contributed by atoms with Gasteiger partial charge in [0.25, 0.3) is 5.91 Å². The number of hydrogen-bond donors (Lipinski definition) is 0. The van der Waals surface area contributed by atoms with Crippen molar-refractivity contribution in [3.8, 4) is 5.69 Å². The number of benzene rings is 1. The summed E-state index contributed by atoms with van der Waals surface area (Å²) in [4.78, 5) is 17.4. The molecule has 0 unspecified atom stereocenters. The topological polar surface area (TPSA) is 41.4 Å². The van der Waals surface area contributed by atoms with Gasteiger partial charge >= 0.3 is 0 Å². The summed E-state index contributed by atoms with van der Waals surface area (Å²) in [5.41, 5.74) is 3.82. The van der Waals surface area contributed by atoms with Gasteiger partial charge in [-0.3, -0.25) is 9.69 Å². The van der Waals surface area contributed by atoms with Gasteiger partial charge in [-0.2, -0.15) is 5.10 Å². The van der Waals surface area contributed by atoms with Gasteiger partial charge in [0.15, 0.2) is 0 Å². The van der Waals surface area contributed by atoms with Crippen molar-refractivity contribution in [2.75, 3.05) is 26.2 Å². The maximum Gasteiger partial charge on any atom is 0.257 e. The van der Waals surface area contributed by atoms with Gasteiger partial charge in [-0.1, -0.05) is 18.2 Å². The standard InChI is InChI=1S/C19H24N4O/c1-14-5-3-4-6-18(14)23-15(2)17(13-20-23)19(24)22-11-9-21(10-12-22)16-7-8-16/h3-6,13,16H,7-12H2,1-2H3. The fourth-order valence-electron chi connectivity index (χ4n) is 3.56. The lowest BCUT2D eigenvalue weighted by Crippen LogP contribution is -2.49. The lowest BCUT2D eigenvalue weighted by Gasteiger charge is -2.34. The average Bonchev–Trinajstić information content (AvgIpc) is 3.38. The van der Waals surface area contributed by atoms with Crippen molar-refractivity contribution in [2.45, 2.75) is 32.7 Å². The van der Waals surface area contributed by atoms with E-state index in [1.165, 1.54) is 12.8 Å². The largest absolute Gasteiger partial charge is 0.336 e. The smallest absolute Gasteiger partial charge is 0.257 e. The Morgan fingerprint density at radius 3 is 2.46 bits per heavy atom. The van der Waals surface area contributed by atoms with Crippen LogP contribution in [0.15, 0.2) is 30.5 Å². The van der Waals surface area contributed by atoms with Gasteiger partial charge in [0.1, 0.15) is 0 Å². The van der Waals surface area contributed by atoms with E-state index in [0.717, 1.165) is 54.7 Å². The highest BCUT2D eigenvalue weighted by atomic mass is 16.2. The number of piperazine rings is 1. The van der Waals surface area contributed by atoms with E-state index in [1.807, 2.05) is 34.7 Å². The molecule has 1 aromatic carbocycles. The Morgan fingerprint density at radius 1 is 1.08 bits per heavy atom. The zero-order chi connectivity index (χ0) is 16.7. The van der Waals surface area contributed by atoms with Crippen LogP contribution in [0.2, 0.25) is 0 Å². The van der Waals surface area contributed by atoms with Crippen molar-refractivity contribution in [3.63, 3.8) is 0 Å². The van der Waals surface area contributed by atoms with E-state index in [1.54, 1.807) is 6.20 Å². The lowest BCUT2D eigenvalue weighted by atomic mass is 10.1.